The minimum atomic E-state index is -0.0949. The number of carbonyl (C=O) groups is 1. The molecule has 1 aromatic carbocycles. The predicted molar refractivity (Wildman–Crippen MR) is 61.7 cm³/mol. The smallest absolute Gasteiger partial charge is 0.123 e. The topological polar surface area (TPSA) is 26.3 Å². The van der Waals surface area contributed by atoms with Crippen LogP contribution in [0.4, 0.5) is 0 Å². The molecule has 0 heterocycles. The van der Waals surface area contributed by atoms with Gasteiger partial charge in [0.05, 0.1) is 0 Å². The zero-order chi connectivity index (χ0) is 11.4. The minimum absolute atomic E-state index is 0.0949. The van der Waals surface area contributed by atoms with Gasteiger partial charge in [0.15, 0.2) is 0 Å². The minimum Gasteiger partial charge on any atom is -0.490 e. The van der Waals surface area contributed by atoms with E-state index < -0.39 is 0 Å². The molecule has 1 atom stereocenters. The number of aryl methyl sites for hydroxylation is 2. The van der Waals surface area contributed by atoms with Crippen LogP contribution in [0.2, 0.25) is 5.02 Å². The van der Waals surface area contributed by atoms with Crippen LogP contribution >= 0.6 is 11.6 Å². The summed E-state index contributed by atoms with van der Waals surface area (Å²) in [6.45, 7) is 5.74. The molecule has 0 aliphatic rings. The summed E-state index contributed by atoms with van der Waals surface area (Å²) in [4.78, 5) is 10.3. The van der Waals surface area contributed by atoms with Gasteiger partial charge in [-0.05, 0) is 44.0 Å². The molecule has 82 valence electrons. The van der Waals surface area contributed by atoms with Crippen LogP contribution in [0.1, 0.15) is 24.5 Å². The molecule has 0 aliphatic heterocycles. The van der Waals surface area contributed by atoms with Crippen molar-refractivity contribution in [3.05, 3.63) is 28.3 Å². The van der Waals surface area contributed by atoms with Crippen molar-refractivity contribution in [2.45, 2.75) is 33.3 Å². The SMILES string of the molecule is Cc1cc(OC(C)CC=O)cc(C)c1Cl. The zero-order valence-corrected chi connectivity index (χ0v) is 9.97. The second kappa shape index (κ2) is 5.17. The summed E-state index contributed by atoms with van der Waals surface area (Å²) in [7, 11) is 0. The van der Waals surface area contributed by atoms with Gasteiger partial charge in [-0.2, -0.15) is 0 Å². The standard InChI is InChI=1S/C12H15ClO2/c1-8-6-11(7-9(2)12(8)13)15-10(3)4-5-14/h5-7,10H,4H2,1-3H3. The van der Waals surface area contributed by atoms with Crippen LogP contribution in [0.3, 0.4) is 0 Å². The highest BCUT2D eigenvalue weighted by atomic mass is 35.5. The number of benzene rings is 1. The van der Waals surface area contributed by atoms with Crippen molar-refractivity contribution in [1.82, 2.24) is 0 Å². The van der Waals surface area contributed by atoms with E-state index in [-0.39, 0.29) is 6.10 Å². The highest BCUT2D eigenvalue weighted by molar-refractivity contribution is 6.32. The summed E-state index contributed by atoms with van der Waals surface area (Å²) in [6, 6.07) is 3.77. The summed E-state index contributed by atoms with van der Waals surface area (Å²) < 4.78 is 5.58. The highest BCUT2D eigenvalue weighted by Crippen LogP contribution is 2.26. The lowest BCUT2D eigenvalue weighted by Crippen LogP contribution is -2.12. The number of rotatable bonds is 4. The fourth-order valence-electron chi connectivity index (χ4n) is 1.39. The van der Waals surface area contributed by atoms with Crippen LogP contribution < -0.4 is 4.74 Å². The Morgan fingerprint density at radius 3 is 2.40 bits per heavy atom. The predicted octanol–water partition coefficient (Wildman–Crippen LogP) is 3.31. The largest absolute Gasteiger partial charge is 0.490 e. The van der Waals surface area contributed by atoms with Crippen molar-refractivity contribution in [3.63, 3.8) is 0 Å². The molecule has 15 heavy (non-hydrogen) atoms. The van der Waals surface area contributed by atoms with Crippen LogP contribution in [0.25, 0.3) is 0 Å². The molecule has 0 saturated heterocycles. The lowest BCUT2D eigenvalue weighted by molar-refractivity contribution is -0.109. The third-order valence-electron chi connectivity index (χ3n) is 2.18. The summed E-state index contributed by atoms with van der Waals surface area (Å²) in [6.07, 6.45) is 1.17. The molecule has 0 bridgehead atoms. The van der Waals surface area contributed by atoms with E-state index in [1.54, 1.807) is 0 Å². The van der Waals surface area contributed by atoms with Crippen molar-refractivity contribution >= 4 is 17.9 Å². The quantitative estimate of drug-likeness (QED) is 0.737. The first-order chi connectivity index (χ1) is 7.04. The Morgan fingerprint density at radius 1 is 1.40 bits per heavy atom. The van der Waals surface area contributed by atoms with E-state index in [0.717, 1.165) is 28.2 Å². The van der Waals surface area contributed by atoms with Crippen molar-refractivity contribution in [2.24, 2.45) is 0 Å². The Bertz CT molecular complexity index is 338. The molecule has 1 aromatic rings. The molecular formula is C12H15ClO2. The van der Waals surface area contributed by atoms with Crippen LogP contribution in [-0.4, -0.2) is 12.4 Å². The number of hydrogen-bond acceptors (Lipinski definition) is 2. The summed E-state index contributed by atoms with van der Waals surface area (Å²) in [5.74, 6) is 0.767. The van der Waals surface area contributed by atoms with E-state index in [0.29, 0.717) is 6.42 Å². The molecule has 0 radical (unpaired) electrons. The monoisotopic (exact) mass is 226 g/mol. The van der Waals surface area contributed by atoms with E-state index in [9.17, 15) is 4.79 Å². The Balaban J connectivity index is 2.82. The molecule has 1 unspecified atom stereocenters. The first-order valence-electron chi connectivity index (χ1n) is 4.91. The Labute approximate surface area is 95.2 Å². The molecule has 0 saturated carbocycles. The first kappa shape index (κ1) is 12.1. The van der Waals surface area contributed by atoms with E-state index in [2.05, 4.69) is 0 Å². The van der Waals surface area contributed by atoms with Gasteiger partial charge in [0.25, 0.3) is 0 Å². The maximum Gasteiger partial charge on any atom is 0.123 e. The zero-order valence-electron chi connectivity index (χ0n) is 9.21. The van der Waals surface area contributed by atoms with Gasteiger partial charge >= 0.3 is 0 Å². The number of halogens is 1. The molecule has 0 aromatic heterocycles. The highest BCUT2D eigenvalue weighted by Gasteiger charge is 2.06. The molecule has 2 nitrogen and oxygen atoms in total. The summed E-state index contributed by atoms with van der Waals surface area (Å²) in [5, 5.41) is 0.769. The molecular weight excluding hydrogens is 212 g/mol. The van der Waals surface area contributed by atoms with E-state index in [1.807, 2.05) is 32.9 Å². The number of aldehydes is 1. The molecule has 0 N–H and O–H groups in total. The maximum absolute atomic E-state index is 10.3. The lowest BCUT2D eigenvalue weighted by atomic mass is 10.1. The fourth-order valence-corrected chi connectivity index (χ4v) is 1.50. The van der Waals surface area contributed by atoms with Gasteiger partial charge in [-0.1, -0.05) is 11.6 Å². The van der Waals surface area contributed by atoms with Gasteiger partial charge in [-0.15, -0.1) is 0 Å². The van der Waals surface area contributed by atoms with Crippen LogP contribution in [0.5, 0.6) is 5.75 Å². The van der Waals surface area contributed by atoms with Crippen molar-refractivity contribution in [2.75, 3.05) is 0 Å². The molecule has 0 fully saturated rings. The molecule has 0 amide bonds. The van der Waals surface area contributed by atoms with Crippen molar-refractivity contribution < 1.29 is 9.53 Å². The summed E-state index contributed by atoms with van der Waals surface area (Å²) >= 11 is 6.04. The first-order valence-corrected chi connectivity index (χ1v) is 5.29. The molecule has 3 heteroatoms. The van der Waals surface area contributed by atoms with Crippen molar-refractivity contribution in [1.29, 1.82) is 0 Å². The molecule has 1 rings (SSSR count). The van der Waals surface area contributed by atoms with Gasteiger partial charge in [-0.25, -0.2) is 0 Å². The third kappa shape index (κ3) is 3.24. The van der Waals surface area contributed by atoms with Crippen LogP contribution in [-0.2, 0) is 4.79 Å². The van der Waals surface area contributed by atoms with Gasteiger partial charge in [0, 0.05) is 11.4 Å². The summed E-state index contributed by atoms with van der Waals surface area (Å²) in [5.41, 5.74) is 1.98. The molecule has 0 aliphatic carbocycles. The number of hydrogen-bond donors (Lipinski definition) is 0. The van der Waals surface area contributed by atoms with Crippen LogP contribution in [0.15, 0.2) is 12.1 Å². The van der Waals surface area contributed by atoms with Gasteiger partial charge in [-0.3, -0.25) is 0 Å². The average Bonchev–Trinajstić information content (AvgIpc) is 2.14. The van der Waals surface area contributed by atoms with Gasteiger partial charge in [0.1, 0.15) is 18.1 Å². The van der Waals surface area contributed by atoms with Gasteiger partial charge in [0.2, 0.25) is 0 Å². The van der Waals surface area contributed by atoms with Crippen molar-refractivity contribution in [3.8, 4) is 5.75 Å². The number of ether oxygens (including phenoxy) is 1. The maximum atomic E-state index is 10.3. The second-order valence-corrected chi connectivity index (χ2v) is 4.08. The van der Waals surface area contributed by atoms with E-state index in [1.165, 1.54) is 0 Å². The normalized spacial score (nSPS) is 12.3. The number of carbonyl (C=O) groups excluding carboxylic acids is 1. The lowest BCUT2D eigenvalue weighted by Gasteiger charge is -2.14. The van der Waals surface area contributed by atoms with E-state index in [4.69, 9.17) is 16.3 Å². The Hall–Kier alpha value is -1.02. The third-order valence-corrected chi connectivity index (χ3v) is 2.77. The fraction of sp³-hybridized carbons (Fsp3) is 0.417. The van der Waals surface area contributed by atoms with Gasteiger partial charge < -0.3 is 9.53 Å². The Kier molecular flexibility index (Phi) is 4.15. The van der Waals surface area contributed by atoms with Crippen LogP contribution in [0, 0.1) is 13.8 Å². The Morgan fingerprint density at radius 2 is 1.93 bits per heavy atom. The molecule has 0 spiro atoms. The van der Waals surface area contributed by atoms with E-state index >= 15 is 0 Å². The average molecular weight is 227 g/mol. The second-order valence-electron chi connectivity index (χ2n) is 3.70.